The van der Waals surface area contributed by atoms with Gasteiger partial charge in [-0.1, -0.05) is 40.2 Å². The summed E-state index contributed by atoms with van der Waals surface area (Å²) in [6, 6.07) is 14.7. The molecule has 0 heterocycles. The lowest BCUT2D eigenvalue weighted by molar-refractivity contribution is 0.477. The monoisotopic (exact) mass is 438 g/mol. The smallest absolute Gasteiger partial charge is 0.238 e. The standard InChI is InChI=1S/C18H23BrN4O2S/c1-3-21-18(23(2)13-14-7-9-16(19)10-8-14)22-12-15-5-4-6-17(11-15)26(20,24)25/h4-11H,3,12-13H2,1-2H3,(H,21,22)(H2,20,24,25). The third-order valence-electron chi connectivity index (χ3n) is 3.67. The summed E-state index contributed by atoms with van der Waals surface area (Å²) in [4.78, 5) is 6.73. The van der Waals surface area contributed by atoms with Crippen molar-refractivity contribution in [2.75, 3.05) is 13.6 Å². The Morgan fingerprint density at radius 2 is 1.88 bits per heavy atom. The van der Waals surface area contributed by atoms with Crippen molar-refractivity contribution in [3.05, 3.63) is 64.1 Å². The number of hydrogen-bond donors (Lipinski definition) is 2. The molecule has 0 radical (unpaired) electrons. The molecule has 0 saturated carbocycles. The predicted octanol–water partition coefficient (Wildman–Crippen LogP) is 2.69. The van der Waals surface area contributed by atoms with Crippen LogP contribution in [0.5, 0.6) is 0 Å². The molecule has 6 nitrogen and oxygen atoms in total. The largest absolute Gasteiger partial charge is 0.357 e. The zero-order valence-corrected chi connectivity index (χ0v) is 17.2. The average molecular weight is 439 g/mol. The normalized spacial score (nSPS) is 12.1. The quantitative estimate of drug-likeness (QED) is 0.535. The molecule has 0 atom stereocenters. The minimum Gasteiger partial charge on any atom is -0.357 e. The highest BCUT2D eigenvalue weighted by atomic mass is 79.9. The zero-order chi connectivity index (χ0) is 19.2. The lowest BCUT2D eigenvalue weighted by Gasteiger charge is -2.22. The average Bonchev–Trinajstić information content (AvgIpc) is 2.60. The van der Waals surface area contributed by atoms with Crippen LogP contribution in [0.1, 0.15) is 18.1 Å². The van der Waals surface area contributed by atoms with Crippen molar-refractivity contribution in [3.63, 3.8) is 0 Å². The topological polar surface area (TPSA) is 87.8 Å². The summed E-state index contributed by atoms with van der Waals surface area (Å²) >= 11 is 3.43. The fourth-order valence-electron chi connectivity index (χ4n) is 2.40. The molecular weight excluding hydrogens is 416 g/mol. The van der Waals surface area contributed by atoms with Gasteiger partial charge in [-0.25, -0.2) is 18.5 Å². The van der Waals surface area contributed by atoms with Crippen LogP contribution in [0.3, 0.4) is 0 Å². The Hall–Kier alpha value is -1.90. The molecule has 2 aromatic carbocycles. The molecule has 0 aliphatic carbocycles. The number of benzene rings is 2. The molecule has 0 aromatic heterocycles. The Morgan fingerprint density at radius 1 is 1.19 bits per heavy atom. The van der Waals surface area contributed by atoms with Gasteiger partial charge in [0.25, 0.3) is 0 Å². The van der Waals surface area contributed by atoms with Crippen molar-refractivity contribution < 1.29 is 8.42 Å². The van der Waals surface area contributed by atoms with Crippen molar-refractivity contribution in [2.45, 2.75) is 24.9 Å². The number of primary sulfonamides is 1. The van der Waals surface area contributed by atoms with Gasteiger partial charge in [0.05, 0.1) is 11.4 Å². The minimum absolute atomic E-state index is 0.0958. The van der Waals surface area contributed by atoms with E-state index in [1.54, 1.807) is 12.1 Å². The van der Waals surface area contributed by atoms with E-state index in [4.69, 9.17) is 5.14 Å². The summed E-state index contributed by atoms with van der Waals surface area (Å²) < 4.78 is 24.0. The highest BCUT2D eigenvalue weighted by Gasteiger charge is 2.09. The van der Waals surface area contributed by atoms with Gasteiger partial charge in [-0.2, -0.15) is 0 Å². The van der Waals surface area contributed by atoms with Gasteiger partial charge < -0.3 is 10.2 Å². The molecule has 0 bridgehead atoms. The van der Waals surface area contributed by atoms with Crippen molar-refractivity contribution in [1.82, 2.24) is 10.2 Å². The Kier molecular flexibility index (Phi) is 7.19. The van der Waals surface area contributed by atoms with E-state index in [1.165, 1.54) is 6.07 Å². The number of hydrogen-bond acceptors (Lipinski definition) is 3. The molecule has 0 fully saturated rings. The predicted molar refractivity (Wildman–Crippen MR) is 108 cm³/mol. The maximum atomic E-state index is 11.5. The SMILES string of the molecule is CCNC(=NCc1cccc(S(N)(=O)=O)c1)N(C)Cc1ccc(Br)cc1. The molecule has 0 aliphatic heterocycles. The summed E-state index contributed by atoms with van der Waals surface area (Å²) in [6.07, 6.45) is 0. The van der Waals surface area contributed by atoms with E-state index in [-0.39, 0.29) is 4.90 Å². The van der Waals surface area contributed by atoms with Gasteiger partial charge in [-0.15, -0.1) is 0 Å². The first-order valence-electron chi connectivity index (χ1n) is 8.15. The van der Waals surface area contributed by atoms with Gasteiger partial charge >= 0.3 is 0 Å². The van der Waals surface area contributed by atoms with E-state index >= 15 is 0 Å². The van der Waals surface area contributed by atoms with E-state index in [0.29, 0.717) is 13.1 Å². The van der Waals surface area contributed by atoms with Crippen LogP contribution in [0.25, 0.3) is 0 Å². The highest BCUT2D eigenvalue weighted by molar-refractivity contribution is 9.10. The summed E-state index contributed by atoms with van der Waals surface area (Å²) in [5.74, 6) is 0.747. The van der Waals surface area contributed by atoms with Crippen molar-refractivity contribution in [1.29, 1.82) is 0 Å². The Bertz CT molecular complexity index is 867. The van der Waals surface area contributed by atoms with E-state index < -0.39 is 10.0 Å². The number of nitrogens with two attached hydrogens (primary N) is 1. The van der Waals surface area contributed by atoms with Gasteiger partial charge in [0.15, 0.2) is 5.96 Å². The van der Waals surface area contributed by atoms with E-state index in [1.807, 2.05) is 37.1 Å². The fourth-order valence-corrected chi connectivity index (χ4v) is 3.24. The highest BCUT2D eigenvalue weighted by Crippen LogP contribution is 2.13. The van der Waals surface area contributed by atoms with Gasteiger partial charge in [0, 0.05) is 24.6 Å². The molecule has 2 rings (SSSR count). The molecule has 8 heteroatoms. The molecule has 0 saturated heterocycles. The van der Waals surface area contributed by atoms with Gasteiger partial charge in [0.1, 0.15) is 0 Å². The van der Waals surface area contributed by atoms with Crippen LogP contribution in [0.2, 0.25) is 0 Å². The molecule has 0 aliphatic rings. The third-order valence-corrected chi connectivity index (χ3v) is 5.11. The Balaban J connectivity index is 2.14. The van der Waals surface area contributed by atoms with Crippen LogP contribution in [0.4, 0.5) is 0 Å². The van der Waals surface area contributed by atoms with Crippen LogP contribution in [0, 0.1) is 0 Å². The maximum absolute atomic E-state index is 11.5. The minimum atomic E-state index is -3.71. The van der Waals surface area contributed by atoms with Crippen LogP contribution < -0.4 is 10.5 Å². The van der Waals surface area contributed by atoms with E-state index in [0.717, 1.165) is 28.1 Å². The molecule has 0 amide bonds. The molecule has 26 heavy (non-hydrogen) atoms. The van der Waals surface area contributed by atoms with Crippen molar-refractivity contribution >= 4 is 31.9 Å². The maximum Gasteiger partial charge on any atom is 0.238 e. The molecule has 0 spiro atoms. The van der Waals surface area contributed by atoms with Gasteiger partial charge in [-0.3, -0.25) is 0 Å². The number of nitrogens with zero attached hydrogens (tertiary/aromatic N) is 2. The number of sulfonamides is 1. The second-order valence-corrected chi connectivity index (χ2v) is 8.32. The fraction of sp³-hybridized carbons (Fsp3) is 0.278. The molecule has 140 valence electrons. The van der Waals surface area contributed by atoms with Crippen LogP contribution in [-0.2, 0) is 23.1 Å². The van der Waals surface area contributed by atoms with Gasteiger partial charge in [0.2, 0.25) is 10.0 Å². The molecule has 0 unspecified atom stereocenters. The number of halogens is 1. The van der Waals surface area contributed by atoms with Crippen LogP contribution >= 0.6 is 15.9 Å². The van der Waals surface area contributed by atoms with Gasteiger partial charge in [-0.05, 0) is 42.3 Å². The number of aliphatic imine (C=N–C) groups is 1. The molecular formula is C18H23BrN4O2S. The second kappa shape index (κ2) is 9.16. The Labute approximate surface area is 163 Å². The van der Waals surface area contributed by atoms with Crippen molar-refractivity contribution in [2.24, 2.45) is 10.1 Å². The van der Waals surface area contributed by atoms with Crippen molar-refractivity contribution in [3.8, 4) is 0 Å². The summed E-state index contributed by atoms with van der Waals surface area (Å²) in [6.45, 7) is 3.80. The lowest BCUT2D eigenvalue weighted by atomic mass is 10.2. The Morgan fingerprint density at radius 3 is 2.50 bits per heavy atom. The first-order chi connectivity index (χ1) is 12.3. The first kappa shape index (κ1) is 20.4. The summed E-state index contributed by atoms with van der Waals surface area (Å²) in [5, 5.41) is 8.44. The molecule has 2 aromatic rings. The third kappa shape index (κ3) is 6.12. The summed E-state index contributed by atoms with van der Waals surface area (Å²) in [7, 11) is -1.75. The van der Waals surface area contributed by atoms with E-state index in [9.17, 15) is 8.42 Å². The lowest BCUT2D eigenvalue weighted by Crippen LogP contribution is -2.38. The van der Waals surface area contributed by atoms with Crippen LogP contribution in [-0.4, -0.2) is 32.9 Å². The first-order valence-corrected chi connectivity index (χ1v) is 10.5. The summed E-state index contributed by atoms with van der Waals surface area (Å²) in [5.41, 5.74) is 1.95. The number of guanidine groups is 1. The second-order valence-electron chi connectivity index (χ2n) is 5.85. The number of nitrogens with one attached hydrogen (secondary N) is 1. The molecule has 3 N–H and O–H groups in total. The van der Waals surface area contributed by atoms with Crippen LogP contribution in [0.15, 0.2) is 62.9 Å². The zero-order valence-electron chi connectivity index (χ0n) is 14.8. The number of rotatable bonds is 6. The van der Waals surface area contributed by atoms with E-state index in [2.05, 4.69) is 38.4 Å².